The summed E-state index contributed by atoms with van der Waals surface area (Å²) in [5.74, 6) is 0. The Kier molecular flexibility index (Phi) is 7.25. The first-order valence-corrected chi connectivity index (χ1v) is 12.3. The molecule has 33 heavy (non-hydrogen) atoms. The van der Waals surface area contributed by atoms with Crippen molar-refractivity contribution in [3.8, 4) is 17.3 Å². The van der Waals surface area contributed by atoms with Gasteiger partial charge in [0.05, 0.1) is 22.7 Å². The molecular weight excluding hydrogens is 408 g/mol. The van der Waals surface area contributed by atoms with Crippen LogP contribution in [0.2, 0.25) is 0 Å². The molecule has 1 fully saturated rings. The Balaban J connectivity index is 1.54. The van der Waals surface area contributed by atoms with Crippen LogP contribution in [0.4, 0.5) is 0 Å². The van der Waals surface area contributed by atoms with Gasteiger partial charge in [-0.1, -0.05) is 31.0 Å². The van der Waals surface area contributed by atoms with Crippen LogP contribution in [-0.4, -0.2) is 33.1 Å². The van der Waals surface area contributed by atoms with Crippen molar-refractivity contribution in [1.29, 1.82) is 5.26 Å². The Labute approximate surface area is 196 Å². The molecule has 4 rings (SSSR count). The largest absolute Gasteiger partial charge is 0.305 e. The highest BCUT2D eigenvalue weighted by atomic mass is 16.1. The van der Waals surface area contributed by atoms with Gasteiger partial charge in [-0.25, -0.2) is 4.98 Å². The first-order chi connectivity index (χ1) is 16.0. The zero-order chi connectivity index (χ0) is 23.4. The number of aryl methyl sites for hydroxylation is 2. The number of nitriles is 1. The summed E-state index contributed by atoms with van der Waals surface area (Å²) in [6, 6.07) is 16.8. The number of hydrogen-bond acceptors (Lipinski definition) is 4. The van der Waals surface area contributed by atoms with E-state index >= 15 is 0 Å². The van der Waals surface area contributed by atoms with E-state index in [-0.39, 0.29) is 5.56 Å². The number of hydrogen-bond donors (Lipinski definition) is 0. The number of rotatable bonds is 7. The molecule has 2 aromatic carbocycles. The van der Waals surface area contributed by atoms with E-state index in [4.69, 9.17) is 4.98 Å². The third kappa shape index (κ3) is 5.02. The minimum atomic E-state index is -0.0786. The van der Waals surface area contributed by atoms with Gasteiger partial charge in [-0.15, -0.1) is 0 Å². The van der Waals surface area contributed by atoms with Crippen LogP contribution < -0.4 is 5.56 Å². The molecule has 1 aliphatic heterocycles. The van der Waals surface area contributed by atoms with Crippen molar-refractivity contribution in [3.63, 3.8) is 0 Å². The maximum Gasteiger partial charge on any atom is 0.277 e. The first-order valence-electron chi connectivity index (χ1n) is 12.3. The molecule has 5 nitrogen and oxygen atoms in total. The number of para-hydroxylation sites is 2. The zero-order valence-corrected chi connectivity index (χ0v) is 20.1. The van der Waals surface area contributed by atoms with Crippen LogP contribution in [0.1, 0.15) is 63.5 Å². The van der Waals surface area contributed by atoms with Crippen molar-refractivity contribution in [2.75, 3.05) is 6.54 Å². The maximum atomic E-state index is 13.5. The maximum absolute atomic E-state index is 13.5. The molecule has 0 aliphatic carbocycles. The Hall–Kier alpha value is -2.97. The molecule has 5 heteroatoms. The standard InChI is InChI=1S/C28H34N4O/c1-20-14-15-23(19-29)18-24(20)27-28(33)32(26-13-6-5-12-25(26)30-27)17-8-4-7-16-31-21(2)10-9-11-22(31)3/h5-6,12-15,18,21-22H,4,7-11,16-17H2,1-3H3. The van der Waals surface area contributed by atoms with Crippen LogP contribution in [0.3, 0.4) is 0 Å². The van der Waals surface area contributed by atoms with Crippen LogP contribution in [0, 0.1) is 18.3 Å². The molecule has 1 saturated heterocycles. The van der Waals surface area contributed by atoms with Crippen LogP contribution >= 0.6 is 0 Å². The van der Waals surface area contributed by atoms with Crippen LogP contribution in [0.25, 0.3) is 22.3 Å². The molecule has 172 valence electrons. The lowest BCUT2D eigenvalue weighted by molar-refractivity contribution is 0.101. The van der Waals surface area contributed by atoms with Gasteiger partial charge < -0.3 is 4.57 Å². The topological polar surface area (TPSA) is 61.9 Å². The fraction of sp³-hybridized carbons (Fsp3) is 0.464. The summed E-state index contributed by atoms with van der Waals surface area (Å²) < 4.78 is 1.88. The van der Waals surface area contributed by atoms with Crippen molar-refractivity contribution in [2.24, 2.45) is 0 Å². The summed E-state index contributed by atoms with van der Waals surface area (Å²) in [7, 11) is 0. The van der Waals surface area contributed by atoms with Gasteiger partial charge in [-0.05, 0) is 82.8 Å². The summed E-state index contributed by atoms with van der Waals surface area (Å²) in [4.78, 5) is 20.9. The molecule has 2 atom stereocenters. The van der Waals surface area contributed by atoms with Crippen LogP contribution in [0.15, 0.2) is 47.3 Å². The van der Waals surface area contributed by atoms with Gasteiger partial charge in [0, 0.05) is 24.2 Å². The number of benzene rings is 2. The molecular formula is C28H34N4O. The van der Waals surface area contributed by atoms with E-state index < -0.39 is 0 Å². The molecule has 1 aromatic heterocycles. The van der Waals surface area contributed by atoms with E-state index in [9.17, 15) is 10.1 Å². The number of nitrogens with zero attached hydrogens (tertiary/aromatic N) is 4. The predicted octanol–water partition coefficient (Wildman–Crippen LogP) is 5.68. The van der Waals surface area contributed by atoms with Gasteiger partial charge in [0.15, 0.2) is 0 Å². The second kappa shape index (κ2) is 10.3. The summed E-state index contributed by atoms with van der Waals surface area (Å²) >= 11 is 0. The quantitative estimate of drug-likeness (QED) is 0.442. The van der Waals surface area contributed by atoms with Crippen molar-refractivity contribution in [2.45, 2.75) is 77.9 Å². The van der Waals surface area contributed by atoms with Gasteiger partial charge >= 0.3 is 0 Å². The van der Waals surface area contributed by atoms with E-state index in [1.807, 2.05) is 41.8 Å². The second-order valence-electron chi connectivity index (χ2n) is 9.47. The Bertz CT molecular complexity index is 1210. The Morgan fingerprint density at radius 1 is 1.03 bits per heavy atom. The third-order valence-electron chi connectivity index (χ3n) is 7.15. The van der Waals surface area contributed by atoms with E-state index in [0.29, 0.717) is 29.9 Å². The van der Waals surface area contributed by atoms with E-state index in [0.717, 1.165) is 48.0 Å². The molecule has 0 N–H and O–H groups in total. The molecule has 2 heterocycles. The molecule has 0 radical (unpaired) electrons. The van der Waals surface area contributed by atoms with Crippen LogP contribution in [-0.2, 0) is 6.54 Å². The molecule has 2 unspecified atom stereocenters. The molecule has 0 saturated carbocycles. The molecule has 1 aliphatic rings. The summed E-state index contributed by atoms with van der Waals surface area (Å²) in [6.07, 6.45) is 7.16. The second-order valence-corrected chi connectivity index (χ2v) is 9.47. The Morgan fingerprint density at radius 3 is 2.52 bits per heavy atom. The highest BCUT2D eigenvalue weighted by Gasteiger charge is 2.23. The lowest BCUT2D eigenvalue weighted by atomic mass is 9.97. The lowest BCUT2D eigenvalue weighted by Gasteiger charge is -2.39. The number of fused-ring (bicyclic) bond motifs is 1. The van der Waals surface area contributed by atoms with Crippen molar-refractivity contribution in [1.82, 2.24) is 14.5 Å². The Morgan fingerprint density at radius 2 is 1.76 bits per heavy atom. The van der Waals surface area contributed by atoms with Crippen LogP contribution in [0.5, 0.6) is 0 Å². The average Bonchev–Trinajstić information content (AvgIpc) is 2.82. The smallest absolute Gasteiger partial charge is 0.277 e. The lowest BCUT2D eigenvalue weighted by Crippen LogP contribution is -2.44. The summed E-state index contributed by atoms with van der Waals surface area (Å²) in [6.45, 7) is 8.47. The average molecular weight is 443 g/mol. The SMILES string of the molecule is Cc1ccc(C#N)cc1-c1nc2ccccc2n(CCCCCN2C(C)CCCC2C)c1=O. The fourth-order valence-corrected chi connectivity index (χ4v) is 5.19. The fourth-order valence-electron chi connectivity index (χ4n) is 5.19. The summed E-state index contributed by atoms with van der Waals surface area (Å²) in [5, 5.41) is 9.33. The van der Waals surface area contributed by atoms with E-state index in [1.165, 1.54) is 19.3 Å². The normalized spacial score (nSPS) is 19.0. The first kappa shape index (κ1) is 23.2. The highest BCUT2D eigenvalue weighted by Crippen LogP contribution is 2.24. The van der Waals surface area contributed by atoms with Gasteiger partial charge in [0.25, 0.3) is 5.56 Å². The number of piperidine rings is 1. The number of unbranched alkanes of at least 4 members (excludes halogenated alkanes) is 2. The van der Waals surface area contributed by atoms with Crippen molar-refractivity contribution in [3.05, 3.63) is 63.9 Å². The van der Waals surface area contributed by atoms with Gasteiger partial charge in [-0.2, -0.15) is 5.26 Å². The summed E-state index contributed by atoms with van der Waals surface area (Å²) in [5.41, 5.74) is 4.27. The van der Waals surface area contributed by atoms with E-state index in [1.54, 1.807) is 12.1 Å². The number of likely N-dealkylation sites (tertiary alicyclic amines) is 1. The van der Waals surface area contributed by atoms with Crippen molar-refractivity contribution < 1.29 is 0 Å². The minimum Gasteiger partial charge on any atom is -0.305 e. The monoisotopic (exact) mass is 442 g/mol. The molecule has 0 spiro atoms. The van der Waals surface area contributed by atoms with Gasteiger partial charge in [0.1, 0.15) is 5.69 Å². The minimum absolute atomic E-state index is 0.0786. The zero-order valence-electron chi connectivity index (χ0n) is 20.1. The van der Waals surface area contributed by atoms with Crippen molar-refractivity contribution >= 4 is 11.0 Å². The molecule has 0 amide bonds. The molecule has 0 bridgehead atoms. The molecule has 3 aromatic rings. The van der Waals surface area contributed by atoms with Gasteiger partial charge in [0.2, 0.25) is 0 Å². The highest BCUT2D eigenvalue weighted by molar-refractivity contribution is 5.78. The van der Waals surface area contributed by atoms with Gasteiger partial charge in [-0.3, -0.25) is 9.69 Å². The predicted molar refractivity (Wildman–Crippen MR) is 134 cm³/mol. The number of aromatic nitrogens is 2. The third-order valence-corrected chi connectivity index (χ3v) is 7.15. The van der Waals surface area contributed by atoms with E-state index in [2.05, 4.69) is 24.8 Å².